The van der Waals surface area contributed by atoms with E-state index >= 15 is 0 Å². The van der Waals surface area contributed by atoms with E-state index in [-0.39, 0.29) is 12.5 Å². The number of carboxylic acids is 1. The van der Waals surface area contributed by atoms with Gasteiger partial charge in [0.25, 0.3) is 5.91 Å². The molecule has 0 radical (unpaired) electrons. The molecule has 0 heterocycles. The smallest absolute Gasteiger partial charge is 0.308 e. The Morgan fingerprint density at radius 2 is 1.89 bits per heavy atom. The van der Waals surface area contributed by atoms with E-state index in [9.17, 15) is 9.59 Å². The van der Waals surface area contributed by atoms with Gasteiger partial charge in [-0.1, -0.05) is 6.92 Å². The van der Waals surface area contributed by atoms with Crippen LogP contribution in [0.15, 0.2) is 24.3 Å². The Bertz CT molecular complexity index is 427. The molecule has 18 heavy (non-hydrogen) atoms. The van der Waals surface area contributed by atoms with Gasteiger partial charge in [-0.25, -0.2) is 0 Å². The molecule has 1 atom stereocenters. The lowest BCUT2D eigenvalue weighted by Gasteiger charge is -2.19. The van der Waals surface area contributed by atoms with E-state index in [1.165, 1.54) is 4.90 Å². The lowest BCUT2D eigenvalue weighted by atomic mass is 10.1. The van der Waals surface area contributed by atoms with Crippen LogP contribution in [0.4, 0.5) is 0 Å². The molecule has 0 aliphatic rings. The normalized spacial score (nSPS) is 11.7. The number of carboxylic acid groups (broad SMARTS) is 1. The minimum absolute atomic E-state index is 0.181. The Kier molecular flexibility index (Phi) is 4.71. The molecular formula is C13H17NO4. The van der Waals surface area contributed by atoms with Crippen LogP contribution in [0.3, 0.4) is 0 Å². The predicted octanol–water partition coefficient (Wildman–Crippen LogP) is 1.49. The van der Waals surface area contributed by atoms with E-state index in [0.29, 0.717) is 11.3 Å². The summed E-state index contributed by atoms with van der Waals surface area (Å²) in [5, 5.41) is 8.80. The van der Waals surface area contributed by atoms with Crippen LogP contribution in [0, 0.1) is 5.92 Å². The average molecular weight is 251 g/mol. The van der Waals surface area contributed by atoms with Gasteiger partial charge in [0.05, 0.1) is 13.0 Å². The number of aliphatic carboxylic acids is 1. The summed E-state index contributed by atoms with van der Waals surface area (Å²) in [6.07, 6.45) is 0. The number of methoxy groups -OCH3 is 1. The number of nitrogens with zero attached hydrogens (tertiary/aromatic N) is 1. The van der Waals surface area contributed by atoms with Crippen molar-refractivity contribution in [3.8, 4) is 5.75 Å². The summed E-state index contributed by atoms with van der Waals surface area (Å²) in [7, 11) is 3.14. The largest absolute Gasteiger partial charge is 0.497 e. The van der Waals surface area contributed by atoms with Crippen molar-refractivity contribution in [3.63, 3.8) is 0 Å². The molecule has 0 fully saturated rings. The fourth-order valence-electron chi connectivity index (χ4n) is 1.53. The Balaban J connectivity index is 2.70. The van der Waals surface area contributed by atoms with Gasteiger partial charge in [0, 0.05) is 19.2 Å². The van der Waals surface area contributed by atoms with Crippen molar-refractivity contribution in [2.75, 3.05) is 20.7 Å². The van der Waals surface area contributed by atoms with E-state index < -0.39 is 11.9 Å². The van der Waals surface area contributed by atoms with Crippen LogP contribution in [0.25, 0.3) is 0 Å². The number of ether oxygens (including phenoxy) is 1. The monoisotopic (exact) mass is 251 g/mol. The molecular weight excluding hydrogens is 234 g/mol. The third-order valence-corrected chi connectivity index (χ3v) is 2.65. The fraction of sp³-hybridized carbons (Fsp3) is 0.385. The van der Waals surface area contributed by atoms with Gasteiger partial charge in [-0.15, -0.1) is 0 Å². The van der Waals surface area contributed by atoms with Crippen molar-refractivity contribution < 1.29 is 19.4 Å². The summed E-state index contributed by atoms with van der Waals surface area (Å²) < 4.78 is 5.00. The number of benzene rings is 1. The third-order valence-electron chi connectivity index (χ3n) is 2.65. The van der Waals surface area contributed by atoms with Crippen LogP contribution in [0.5, 0.6) is 5.75 Å². The molecule has 5 nitrogen and oxygen atoms in total. The maximum absolute atomic E-state index is 12.0. The molecule has 98 valence electrons. The average Bonchev–Trinajstić information content (AvgIpc) is 2.37. The molecule has 0 bridgehead atoms. The fourth-order valence-corrected chi connectivity index (χ4v) is 1.53. The maximum atomic E-state index is 12.0. The standard InChI is InChI=1S/C13H17NO4/c1-9(13(16)17)8-14(2)12(15)10-4-6-11(18-3)7-5-10/h4-7,9H,8H2,1-3H3,(H,16,17). The Labute approximate surface area is 106 Å². The molecule has 5 heteroatoms. The summed E-state index contributed by atoms with van der Waals surface area (Å²) in [6.45, 7) is 1.75. The highest BCUT2D eigenvalue weighted by Crippen LogP contribution is 2.13. The van der Waals surface area contributed by atoms with Gasteiger partial charge in [0.1, 0.15) is 5.75 Å². The van der Waals surface area contributed by atoms with E-state index in [1.54, 1.807) is 45.3 Å². The molecule has 1 aromatic rings. The van der Waals surface area contributed by atoms with Gasteiger partial charge in [-0.05, 0) is 24.3 Å². The zero-order chi connectivity index (χ0) is 13.7. The summed E-state index contributed by atoms with van der Waals surface area (Å²) >= 11 is 0. The molecule has 0 saturated carbocycles. The third kappa shape index (κ3) is 3.48. The summed E-state index contributed by atoms with van der Waals surface area (Å²) in [5.74, 6) is -1.03. The van der Waals surface area contributed by atoms with Gasteiger partial charge < -0.3 is 14.7 Å². The zero-order valence-corrected chi connectivity index (χ0v) is 10.7. The number of carbonyl (C=O) groups excluding carboxylic acids is 1. The van der Waals surface area contributed by atoms with Crippen LogP contribution in [-0.2, 0) is 4.79 Å². The minimum atomic E-state index is -0.913. The van der Waals surface area contributed by atoms with Crippen molar-refractivity contribution in [2.45, 2.75) is 6.92 Å². The van der Waals surface area contributed by atoms with Gasteiger partial charge in [-0.2, -0.15) is 0 Å². The van der Waals surface area contributed by atoms with Crippen molar-refractivity contribution in [1.29, 1.82) is 0 Å². The zero-order valence-electron chi connectivity index (χ0n) is 10.7. The van der Waals surface area contributed by atoms with Crippen LogP contribution < -0.4 is 4.74 Å². The lowest BCUT2D eigenvalue weighted by Crippen LogP contribution is -2.33. The van der Waals surface area contributed by atoms with E-state index in [0.717, 1.165) is 0 Å². The second-order valence-corrected chi connectivity index (χ2v) is 4.15. The summed E-state index contributed by atoms with van der Waals surface area (Å²) in [5.41, 5.74) is 0.510. The van der Waals surface area contributed by atoms with E-state index in [2.05, 4.69) is 0 Å². The molecule has 0 aromatic heterocycles. The van der Waals surface area contributed by atoms with Gasteiger partial charge in [0.2, 0.25) is 0 Å². The van der Waals surface area contributed by atoms with Gasteiger partial charge >= 0.3 is 5.97 Å². The van der Waals surface area contributed by atoms with Crippen molar-refractivity contribution in [2.24, 2.45) is 5.92 Å². The van der Waals surface area contributed by atoms with Gasteiger partial charge in [-0.3, -0.25) is 9.59 Å². The summed E-state index contributed by atoms with van der Waals surface area (Å²) in [6, 6.07) is 6.70. The molecule has 1 amide bonds. The quantitative estimate of drug-likeness (QED) is 0.861. The van der Waals surface area contributed by atoms with Gasteiger partial charge in [0.15, 0.2) is 0 Å². The van der Waals surface area contributed by atoms with Crippen LogP contribution in [0.1, 0.15) is 17.3 Å². The second kappa shape index (κ2) is 6.05. The first-order chi connectivity index (χ1) is 8.45. The predicted molar refractivity (Wildman–Crippen MR) is 66.8 cm³/mol. The molecule has 0 spiro atoms. The number of amides is 1. The lowest BCUT2D eigenvalue weighted by molar-refractivity contribution is -0.141. The van der Waals surface area contributed by atoms with E-state index in [1.807, 2.05) is 0 Å². The van der Waals surface area contributed by atoms with Crippen molar-refractivity contribution in [3.05, 3.63) is 29.8 Å². The summed E-state index contributed by atoms with van der Waals surface area (Å²) in [4.78, 5) is 24.1. The first-order valence-corrected chi connectivity index (χ1v) is 5.58. The molecule has 0 aliphatic carbocycles. The highest BCUT2D eigenvalue weighted by Gasteiger charge is 2.18. The first-order valence-electron chi connectivity index (χ1n) is 5.58. The van der Waals surface area contributed by atoms with E-state index in [4.69, 9.17) is 9.84 Å². The first kappa shape index (κ1) is 14.0. The van der Waals surface area contributed by atoms with Crippen LogP contribution in [-0.4, -0.2) is 42.6 Å². The van der Waals surface area contributed by atoms with Crippen LogP contribution >= 0.6 is 0 Å². The molecule has 1 rings (SSSR count). The molecule has 1 aromatic carbocycles. The molecule has 1 unspecified atom stereocenters. The number of hydrogen-bond acceptors (Lipinski definition) is 3. The van der Waals surface area contributed by atoms with Crippen molar-refractivity contribution in [1.82, 2.24) is 4.90 Å². The highest BCUT2D eigenvalue weighted by molar-refractivity contribution is 5.94. The molecule has 1 N–H and O–H groups in total. The number of carbonyl (C=O) groups is 2. The molecule has 0 aliphatic heterocycles. The van der Waals surface area contributed by atoms with Crippen molar-refractivity contribution >= 4 is 11.9 Å². The second-order valence-electron chi connectivity index (χ2n) is 4.15. The van der Waals surface area contributed by atoms with Crippen LogP contribution in [0.2, 0.25) is 0 Å². The minimum Gasteiger partial charge on any atom is -0.497 e. The number of hydrogen-bond donors (Lipinski definition) is 1. The Morgan fingerprint density at radius 1 is 1.33 bits per heavy atom. The molecule has 0 saturated heterocycles. The Hall–Kier alpha value is -2.04. The number of rotatable bonds is 5. The highest BCUT2D eigenvalue weighted by atomic mass is 16.5. The Morgan fingerprint density at radius 3 is 2.33 bits per heavy atom. The maximum Gasteiger partial charge on any atom is 0.308 e. The topological polar surface area (TPSA) is 66.8 Å². The SMILES string of the molecule is COc1ccc(C(=O)N(C)CC(C)C(=O)O)cc1.